The van der Waals surface area contributed by atoms with Crippen LogP contribution < -0.4 is 10.6 Å². The third kappa shape index (κ3) is 6.40. The molecule has 128 valence electrons. The van der Waals surface area contributed by atoms with E-state index in [1.54, 1.807) is 13.8 Å². The highest BCUT2D eigenvalue weighted by Crippen LogP contribution is 2.16. The fourth-order valence-electron chi connectivity index (χ4n) is 2.15. The van der Waals surface area contributed by atoms with Crippen LogP contribution in [0.5, 0.6) is 0 Å². The van der Waals surface area contributed by atoms with E-state index in [9.17, 15) is 9.59 Å². The van der Waals surface area contributed by atoms with Crippen LogP contribution in [-0.4, -0.2) is 43.9 Å². The van der Waals surface area contributed by atoms with Crippen LogP contribution in [0.3, 0.4) is 0 Å². The van der Waals surface area contributed by atoms with E-state index in [-0.39, 0.29) is 11.8 Å². The predicted octanol–water partition coefficient (Wildman–Crippen LogP) is 1.71. The molecule has 5 nitrogen and oxygen atoms in total. The fourth-order valence-corrected chi connectivity index (χ4v) is 2.15. The van der Waals surface area contributed by atoms with Crippen molar-refractivity contribution in [1.29, 1.82) is 0 Å². The number of hydrogen-bond acceptors (Lipinski definition) is 3. The highest BCUT2D eigenvalue weighted by molar-refractivity contribution is 6.04. The molecular weight excluding hydrogens is 290 g/mol. The number of hydrogen-bond donors (Lipinski definition) is 2. The molecule has 5 heteroatoms. The van der Waals surface area contributed by atoms with Gasteiger partial charge in [0.05, 0.1) is 0 Å². The molecule has 0 spiro atoms. The Morgan fingerprint density at radius 1 is 1.13 bits per heavy atom. The van der Waals surface area contributed by atoms with E-state index in [0.29, 0.717) is 13.1 Å². The van der Waals surface area contributed by atoms with Crippen molar-refractivity contribution in [2.24, 2.45) is 5.41 Å². The molecule has 0 heterocycles. The van der Waals surface area contributed by atoms with Crippen molar-refractivity contribution in [2.45, 2.75) is 33.7 Å². The van der Waals surface area contributed by atoms with E-state index in [4.69, 9.17) is 0 Å². The number of nitrogens with one attached hydrogen (secondary N) is 2. The molecule has 0 atom stereocenters. The predicted molar refractivity (Wildman–Crippen MR) is 93.0 cm³/mol. The summed E-state index contributed by atoms with van der Waals surface area (Å²) in [5.74, 6) is -0.498. The van der Waals surface area contributed by atoms with Gasteiger partial charge in [0.25, 0.3) is 0 Å². The van der Waals surface area contributed by atoms with Gasteiger partial charge in [0.15, 0.2) is 0 Å². The van der Waals surface area contributed by atoms with E-state index < -0.39 is 5.41 Å². The van der Waals surface area contributed by atoms with E-state index >= 15 is 0 Å². The highest BCUT2D eigenvalue weighted by Gasteiger charge is 2.35. The summed E-state index contributed by atoms with van der Waals surface area (Å²) >= 11 is 0. The number of nitrogens with zero attached hydrogens (tertiary/aromatic N) is 1. The van der Waals surface area contributed by atoms with Crippen molar-refractivity contribution in [3.05, 3.63) is 35.4 Å². The molecule has 0 saturated carbocycles. The molecule has 1 rings (SSSR count). The molecule has 0 aromatic heterocycles. The summed E-state index contributed by atoms with van der Waals surface area (Å²) in [5, 5.41) is 5.69. The zero-order valence-corrected chi connectivity index (χ0v) is 14.9. The Morgan fingerprint density at radius 2 is 1.78 bits per heavy atom. The Labute approximate surface area is 139 Å². The summed E-state index contributed by atoms with van der Waals surface area (Å²) < 4.78 is 0. The van der Waals surface area contributed by atoms with E-state index in [1.165, 1.54) is 0 Å². The van der Waals surface area contributed by atoms with Gasteiger partial charge in [-0.3, -0.25) is 9.59 Å². The van der Waals surface area contributed by atoms with Gasteiger partial charge in [0.2, 0.25) is 11.8 Å². The summed E-state index contributed by atoms with van der Waals surface area (Å²) in [6.07, 6.45) is 0.861. The highest BCUT2D eigenvalue weighted by atomic mass is 16.2. The van der Waals surface area contributed by atoms with Crippen molar-refractivity contribution < 1.29 is 9.59 Å². The van der Waals surface area contributed by atoms with Crippen molar-refractivity contribution >= 4 is 11.8 Å². The first-order chi connectivity index (χ1) is 10.7. The van der Waals surface area contributed by atoms with Crippen molar-refractivity contribution in [2.75, 3.05) is 27.2 Å². The standard InChI is InChI=1S/C18H29N3O2/c1-14-8-6-9-15(12-14)13-20-17(23)18(2,3)16(22)19-10-7-11-21(4)5/h6,8-9,12H,7,10-11,13H2,1-5H3,(H,19,22)(H,20,23). The molecular formula is C18H29N3O2. The normalized spacial score (nSPS) is 11.4. The lowest BCUT2D eigenvalue weighted by atomic mass is 9.91. The molecule has 0 radical (unpaired) electrons. The Balaban J connectivity index is 2.47. The summed E-state index contributed by atoms with van der Waals surface area (Å²) in [6.45, 7) is 7.22. The Hall–Kier alpha value is -1.88. The number of rotatable bonds is 8. The first-order valence-corrected chi connectivity index (χ1v) is 8.00. The molecule has 23 heavy (non-hydrogen) atoms. The maximum absolute atomic E-state index is 12.3. The first-order valence-electron chi connectivity index (χ1n) is 8.00. The van der Waals surface area contributed by atoms with Gasteiger partial charge in [0, 0.05) is 13.1 Å². The van der Waals surface area contributed by atoms with Crippen molar-refractivity contribution in [3.63, 3.8) is 0 Å². The molecule has 2 amide bonds. The minimum atomic E-state index is -1.08. The minimum absolute atomic E-state index is 0.238. The van der Waals surface area contributed by atoms with Crippen LogP contribution in [0.15, 0.2) is 24.3 Å². The quantitative estimate of drug-likeness (QED) is 0.566. The lowest BCUT2D eigenvalue weighted by Gasteiger charge is -2.23. The third-order valence-electron chi connectivity index (χ3n) is 3.74. The summed E-state index contributed by atoms with van der Waals surface area (Å²) in [6, 6.07) is 7.95. The van der Waals surface area contributed by atoms with Gasteiger partial charge in [-0.25, -0.2) is 0 Å². The minimum Gasteiger partial charge on any atom is -0.355 e. The molecule has 2 N–H and O–H groups in total. The Bertz CT molecular complexity index is 539. The van der Waals surface area contributed by atoms with E-state index in [0.717, 1.165) is 24.1 Å². The molecule has 0 aliphatic carbocycles. The molecule has 1 aromatic rings. The largest absolute Gasteiger partial charge is 0.355 e. The lowest BCUT2D eigenvalue weighted by Crippen LogP contribution is -2.48. The van der Waals surface area contributed by atoms with E-state index in [1.807, 2.05) is 45.3 Å². The third-order valence-corrected chi connectivity index (χ3v) is 3.74. The molecule has 0 aliphatic rings. The number of carbonyl (C=O) groups is 2. The number of carbonyl (C=O) groups excluding carboxylic acids is 2. The topological polar surface area (TPSA) is 61.4 Å². The number of benzene rings is 1. The van der Waals surface area contributed by atoms with Gasteiger partial charge in [-0.05, 0) is 53.4 Å². The number of amides is 2. The maximum Gasteiger partial charge on any atom is 0.235 e. The Kier molecular flexibility index (Phi) is 7.23. The molecule has 0 fully saturated rings. The number of aryl methyl sites for hydroxylation is 1. The monoisotopic (exact) mass is 319 g/mol. The lowest BCUT2D eigenvalue weighted by molar-refractivity contribution is -0.141. The second-order valence-electron chi connectivity index (χ2n) is 6.71. The smallest absolute Gasteiger partial charge is 0.235 e. The molecule has 1 aromatic carbocycles. The second kappa shape index (κ2) is 8.67. The molecule has 0 aliphatic heterocycles. The van der Waals surface area contributed by atoms with Crippen LogP contribution >= 0.6 is 0 Å². The molecule has 0 unspecified atom stereocenters. The van der Waals surface area contributed by atoms with Gasteiger partial charge in [-0.15, -0.1) is 0 Å². The zero-order chi connectivity index (χ0) is 17.5. The van der Waals surface area contributed by atoms with Crippen molar-refractivity contribution in [1.82, 2.24) is 15.5 Å². The van der Waals surface area contributed by atoms with Crippen LogP contribution in [0.1, 0.15) is 31.4 Å². The summed E-state index contributed by atoms with van der Waals surface area (Å²) in [7, 11) is 3.98. The zero-order valence-electron chi connectivity index (χ0n) is 14.9. The van der Waals surface area contributed by atoms with Gasteiger partial charge >= 0.3 is 0 Å². The SMILES string of the molecule is Cc1cccc(CNC(=O)C(C)(C)C(=O)NCCCN(C)C)c1. The molecule has 0 saturated heterocycles. The Morgan fingerprint density at radius 3 is 2.39 bits per heavy atom. The first kappa shape index (κ1) is 19.2. The average molecular weight is 319 g/mol. The van der Waals surface area contributed by atoms with Crippen LogP contribution in [0, 0.1) is 12.3 Å². The van der Waals surface area contributed by atoms with Crippen LogP contribution in [0.2, 0.25) is 0 Å². The second-order valence-corrected chi connectivity index (χ2v) is 6.71. The van der Waals surface area contributed by atoms with Gasteiger partial charge in [-0.1, -0.05) is 29.8 Å². The van der Waals surface area contributed by atoms with Gasteiger partial charge in [0.1, 0.15) is 5.41 Å². The van der Waals surface area contributed by atoms with Crippen LogP contribution in [-0.2, 0) is 16.1 Å². The van der Waals surface area contributed by atoms with Gasteiger partial charge < -0.3 is 15.5 Å². The van der Waals surface area contributed by atoms with Crippen LogP contribution in [0.4, 0.5) is 0 Å². The van der Waals surface area contributed by atoms with Gasteiger partial charge in [-0.2, -0.15) is 0 Å². The fraction of sp³-hybridized carbons (Fsp3) is 0.556. The maximum atomic E-state index is 12.3. The van der Waals surface area contributed by atoms with E-state index in [2.05, 4.69) is 15.5 Å². The summed E-state index contributed by atoms with van der Waals surface area (Å²) in [4.78, 5) is 26.6. The van der Waals surface area contributed by atoms with Crippen LogP contribution in [0.25, 0.3) is 0 Å². The molecule has 0 bridgehead atoms. The summed E-state index contributed by atoms with van der Waals surface area (Å²) in [5.41, 5.74) is 1.09. The average Bonchev–Trinajstić information content (AvgIpc) is 2.48. The van der Waals surface area contributed by atoms with Crippen molar-refractivity contribution in [3.8, 4) is 0 Å².